The molecule has 0 unspecified atom stereocenters. The quantitative estimate of drug-likeness (QED) is 0.766. The number of rotatable bonds is 4. The van der Waals surface area contributed by atoms with Gasteiger partial charge in [-0.1, -0.05) is 6.07 Å². The summed E-state index contributed by atoms with van der Waals surface area (Å²) in [5.74, 6) is -0.391. The van der Waals surface area contributed by atoms with Gasteiger partial charge >= 0.3 is 0 Å². The average Bonchev–Trinajstić information content (AvgIpc) is 2.98. The molecule has 2 heterocycles. The lowest BCUT2D eigenvalue weighted by Crippen LogP contribution is -2.09. The lowest BCUT2D eigenvalue weighted by Gasteiger charge is -2.13. The van der Waals surface area contributed by atoms with E-state index in [4.69, 9.17) is 4.74 Å². The number of ether oxygens (including phenoxy) is 1. The highest BCUT2D eigenvalue weighted by atomic mass is 79.9. The van der Waals surface area contributed by atoms with Gasteiger partial charge in [-0.05, 0) is 34.1 Å². The van der Waals surface area contributed by atoms with Crippen LogP contribution in [-0.2, 0) is 6.54 Å². The predicted octanol–water partition coefficient (Wildman–Crippen LogP) is 3.39. The second kappa shape index (κ2) is 5.88. The second-order valence-electron chi connectivity index (χ2n) is 4.49. The zero-order valence-corrected chi connectivity index (χ0v) is 13.1. The number of anilines is 1. The maximum atomic E-state index is 14.1. The third kappa shape index (κ3) is 2.50. The molecule has 0 fully saturated rings. The van der Waals surface area contributed by atoms with Crippen LogP contribution < -0.4 is 10.1 Å². The molecular weight excluding hydrogens is 358 g/mol. The largest absolute Gasteiger partial charge is 0.496 e. The second-order valence-corrected chi connectivity index (χ2v) is 5.34. The molecule has 0 aliphatic rings. The van der Waals surface area contributed by atoms with Crippen LogP contribution in [-0.4, -0.2) is 21.7 Å². The smallest absolute Gasteiger partial charge is 0.176 e. The molecule has 5 nitrogen and oxygen atoms in total. The maximum absolute atomic E-state index is 14.1. The van der Waals surface area contributed by atoms with Gasteiger partial charge in [0.1, 0.15) is 23.7 Å². The van der Waals surface area contributed by atoms with E-state index in [1.54, 1.807) is 12.1 Å². The molecule has 8 heteroatoms. The molecule has 0 aliphatic heterocycles. The first-order valence-electron chi connectivity index (χ1n) is 6.35. The van der Waals surface area contributed by atoms with Crippen molar-refractivity contribution in [1.82, 2.24) is 14.6 Å². The van der Waals surface area contributed by atoms with Crippen LogP contribution in [0.4, 0.5) is 14.6 Å². The third-order valence-corrected chi connectivity index (χ3v) is 3.79. The number of methoxy groups -OCH3 is 1. The molecule has 2 aromatic heterocycles. The molecule has 0 radical (unpaired) electrons. The first kappa shape index (κ1) is 14.7. The Hall–Kier alpha value is -2.22. The van der Waals surface area contributed by atoms with Gasteiger partial charge in [0.25, 0.3) is 0 Å². The molecule has 114 valence electrons. The SMILES string of the molecule is COc1cccc(F)c1CNc1c(F)cc(Br)c2nncn12. The molecule has 0 bridgehead atoms. The summed E-state index contributed by atoms with van der Waals surface area (Å²) in [5.41, 5.74) is 0.776. The molecule has 22 heavy (non-hydrogen) atoms. The Morgan fingerprint density at radius 1 is 1.32 bits per heavy atom. The van der Waals surface area contributed by atoms with E-state index in [2.05, 4.69) is 31.4 Å². The first-order chi connectivity index (χ1) is 10.6. The Bertz CT molecular complexity index is 837. The molecule has 0 atom stereocenters. The molecule has 3 rings (SSSR count). The van der Waals surface area contributed by atoms with Gasteiger partial charge in [0.2, 0.25) is 0 Å². The molecule has 0 amide bonds. The molecule has 1 N–H and O–H groups in total. The summed E-state index contributed by atoms with van der Waals surface area (Å²) in [5, 5.41) is 10.5. The zero-order valence-electron chi connectivity index (χ0n) is 11.5. The van der Waals surface area contributed by atoms with Gasteiger partial charge in [0.15, 0.2) is 11.5 Å². The molecule has 0 saturated heterocycles. The van der Waals surface area contributed by atoms with Crippen LogP contribution >= 0.6 is 15.9 Å². The molecular formula is C14H11BrF2N4O. The number of hydrogen-bond acceptors (Lipinski definition) is 4. The van der Waals surface area contributed by atoms with Crippen molar-refractivity contribution in [2.45, 2.75) is 6.54 Å². The van der Waals surface area contributed by atoms with E-state index in [0.29, 0.717) is 21.4 Å². The number of pyridine rings is 1. The fourth-order valence-electron chi connectivity index (χ4n) is 2.16. The van der Waals surface area contributed by atoms with Crippen molar-refractivity contribution in [2.75, 3.05) is 12.4 Å². The van der Waals surface area contributed by atoms with Crippen LogP contribution in [0.1, 0.15) is 5.56 Å². The Balaban J connectivity index is 1.97. The summed E-state index contributed by atoms with van der Waals surface area (Å²) in [6, 6.07) is 5.80. The fraction of sp³-hybridized carbons (Fsp3) is 0.143. The van der Waals surface area contributed by atoms with Gasteiger partial charge in [0, 0.05) is 12.1 Å². The number of fused-ring (bicyclic) bond motifs is 1. The highest BCUT2D eigenvalue weighted by Gasteiger charge is 2.14. The van der Waals surface area contributed by atoms with Crippen LogP contribution in [0.2, 0.25) is 0 Å². The van der Waals surface area contributed by atoms with Crippen LogP contribution in [0.5, 0.6) is 5.75 Å². The Kier molecular flexibility index (Phi) is 3.93. The van der Waals surface area contributed by atoms with Gasteiger partial charge in [-0.15, -0.1) is 10.2 Å². The normalized spacial score (nSPS) is 10.9. The van der Waals surface area contributed by atoms with Crippen LogP contribution in [0.3, 0.4) is 0 Å². The van der Waals surface area contributed by atoms with E-state index in [-0.39, 0.29) is 12.4 Å². The molecule has 0 spiro atoms. The van der Waals surface area contributed by atoms with Crippen LogP contribution in [0.15, 0.2) is 35.1 Å². The molecule has 1 aromatic carbocycles. The van der Waals surface area contributed by atoms with Gasteiger partial charge in [-0.3, -0.25) is 4.40 Å². The zero-order chi connectivity index (χ0) is 15.7. The fourth-order valence-corrected chi connectivity index (χ4v) is 2.64. The van der Waals surface area contributed by atoms with Gasteiger partial charge < -0.3 is 10.1 Å². The van der Waals surface area contributed by atoms with E-state index in [1.165, 1.54) is 30.0 Å². The van der Waals surface area contributed by atoms with Crippen molar-refractivity contribution in [1.29, 1.82) is 0 Å². The van der Waals surface area contributed by atoms with Crippen molar-refractivity contribution in [3.05, 3.63) is 52.3 Å². The van der Waals surface area contributed by atoms with Crippen molar-refractivity contribution < 1.29 is 13.5 Å². The van der Waals surface area contributed by atoms with E-state index in [0.717, 1.165) is 0 Å². The third-order valence-electron chi connectivity index (χ3n) is 3.21. The Labute approximate surface area is 133 Å². The highest BCUT2D eigenvalue weighted by molar-refractivity contribution is 9.10. The van der Waals surface area contributed by atoms with E-state index in [9.17, 15) is 8.78 Å². The van der Waals surface area contributed by atoms with Crippen molar-refractivity contribution >= 4 is 27.4 Å². The molecule has 0 saturated carbocycles. The molecule has 0 aliphatic carbocycles. The van der Waals surface area contributed by atoms with Gasteiger partial charge in [0.05, 0.1) is 11.6 Å². The standard InChI is InChI=1S/C14H11BrF2N4O/c1-22-12-4-2-3-10(16)8(12)6-18-14-11(17)5-9(15)13-20-19-7-21(13)14/h2-5,7,18H,6H2,1H3. The van der Waals surface area contributed by atoms with E-state index < -0.39 is 11.6 Å². The average molecular weight is 369 g/mol. The van der Waals surface area contributed by atoms with Crippen LogP contribution in [0.25, 0.3) is 5.65 Å². The summed E-state index contributed by atoms with van der Waals surface area (Å²) in [6.07, 6.45) is 1.38. The van der Waals surface area contributed by atoms with Gasteiger partial charge in [-0.25, -0.2) is 8.78 Å². The lowest BCUT2D eigenvalue weighted by molar-refractivity contribution is 0.405. The number of benzene rings is 1. The number of aromatic nitrogens is 3. The van der Waals surface area contributed by atoms with Crippen LogP contribution in [0, 0.1) is 11.6 Å². The first-order valence-corrected chi connectivity index (χ1v) is 7.14. The topological polar surface area (TPSA) is 51.5 Å². The summed E-state index contributed by atoms with van der Waals surface area (Å²) >= 11 is 3.22. The summed E-state index contributed by atoms with van der Waals surface area (Å²) < 4.78 is 35.1. The summed E-state index contributed by atoms with van der Waals surface area (Å²) in [4.78, 5) is 0. The predicted molar refractivity (Wildman–Crippen MR) is 80.9 cm³/mol. The highest BCUT2D eigenvalue weighted by Crippen LogP contribution is 2.26. The van der Waals surface area contributed by atoms with E-state index in [1.807, 2.05) is 0 Å². The monoisotopic (exact) mass is 368 g/mol. The number of nitrogens with zero attached hydrogens (tertiary/aromatic N) is 3. The number of hydrogen-bond donors (Lipinski definition) is 1. The minimum absolute atomic E-state index is 0.0572. The maximum Gasteiger partial charge on any atom is 0.176 e. The summed E-state index contributed by atoms with van der Waals surface area (Å²) in [7, 11) is 1.45. The van der Waals surface area contributed by atoms with Crippen molar-refractivity contribution in [2.24, 2.45) is 0 Å². The van der Waals surface area contributed by atoms with Crippen molar-refractivity contribution in [3.8, 4) is 5.75 Å². The number of nitrogens with one attached hydrogen (secondary N) is 1. The summed E-state index contributed by atoms with van der Waals surface area (Å²) in [6.45, 7) is 0.0572. The minimum atomic E-state index is -0.505. The minimum Gasteiger partial charge on any atom is -0.496 e. The number of halogens is 3. The Morgan fingerprint density at radius 2 is 2.14 bits per heavy atom. The van der Waals surface area contributed by atoms with Crippen molar-refractivity contribution in [3.63, 3.8) is 0 Å². The lowest BCUT2D eigenvalue weighted by atomic mass is 10.2. The van der Waals surface area contributed by atoms with Gasteiger partial charge in [-0.2, -0.15) is 0 Å². The molecule has 3 aromatic rings. The van der Waals surface area contributed by atoms with E-state index >= 15 is 0 Å². The Morgan fingerprint density at radius 3 is 2.91 bits per heavy atom.